The van der Waals surface area contributed by atoms with E-state index in [4.69, 9.17) is 14.2 Å². The van der Waals surface area contributed by atoms with Crippen LogP contribution in [0.3, 0.4) is 0 Å². The van der Waals surface area contributed by atoms with Crippen molar-refractivity contribution in [3.05, 3.63) is 60.8 Å². The summed E-state index contributed by atoms with van der Waals surface area (Å²) >= 11 is 0. The van der Waals surface area contributed by atoms with E-state index in [-0.39, 0.29) is 31.1 Å². The van der Waals surface area contributed by atoms with Crippen molar-refractivity contribution in [1.82, 2.24) is 0 Å². The molecule has 0 saturated heterocycles. The third kappa shape index (κ3) is 46.2. The molecule has 346 valence electrons. The second kappa shape index (κ2) is 48.8. The summed E-state index contributed by atoms with van der Waals surface area (Å²) in [5, 5.41) is 0. The van der Waals surface area contributed by atoms with Gasteiger partial charge in [0.05, 0.1) is 0 Å². The van der Waals surface area contributed by atoms with Gasteiger partial charge in [-0.25, -0.2) is 0 Å². The van der Waals surface area contributed by atoms with Crippen LogP contribution in [0.15, 0.2) is 60.8 Å². The number of carbonyl (C=O) groups is 3. The van der Waals surface area contributed by atoms with Crippen LogP contribution in [0.1, 0.15) is 245 Å². The number of esters is 3. The number of hydrogen-bond acceptors (Lipinski definition) is 6. The van der Waals surface area contributed by atoms with Gasteiger partial charge < -0.3 is 14.2 Å². The maximum absolute atomic E-state index is 12.7. The Balaban J connectivity index is 4.36. The standard InChI is InChI=1S/C54H94O6/c1-4-7-10-13-16-19-22-25-26-27-28-29-30-33-35-38-41-44-47-53(56)59-50-51(60-54(57)48-45-42-39-36-32-24-21-18-15-12-9-6-3)49-58-52(55)46-43-40-37-34-31-23-20-17-14-11-8-5-2/h8-9,11-12,17-18,20-21,28-29,51H,4-7,10,13-16,19,22-27,30-50H2,1-3H3/b11-8-,12-9-,20-17-,21-18-,29-28-. The molecule has 0 saturated carbocycles. The van der Waals surface area contributed by atoms with Gasteiger partial charge in [0.1, 0.15) is 13.2 Å². The Labute approximate surface area is 370 Å². The van der Waals surface area contributed by atoms with E-state index in [2.05, 4.69) is 81.5 Å². The summed E-state index contributed by atoms with van der Waals surface area (Å²) in [6.07, 6.45) is 59.3. The monoisotopic (exact) mass is 839 g/mol. The van der Waals surface area contributed by atoms with Gasteiger partial charge in [0.2, 0.25) is 0 Å². The van der Waals surface area contributed by atoms with E-state index in [1.165, 1.54) is 77.0 Å². The predicted octanol–water partition coefficient (Wildman–Crippen LogP) is 16.5. The van der Waals surface area contributed by atoms with Gasteiger partial charge in [-0.15, -0.1) is 0 Å². The van der Waals surface area contributed by atoms with Crippen molar-refractivity contribution in [2.45, 2.75) is 252 Å². The van der Waals surface area contributed by atoms with Crippen LogP contribution in [0.4, 0.5) is 0 Å². The van der Waals surface area contributed by atoms with Crippen LogP contribution < -0.4 is 0 Å². The molecule has 60 heavy (non-hydrogen) atoms. The first-order chi connectivity index (χ1) is 29.5. The summed E-state index contributed by atoms with van der Waals surface area (Å²) < 4.78 is 16.7. The lowest BCUT2D eigenvalue weighted by atomic mass is 10.1. The number of ether oxygens (including phenoxy) is 3. The molecule has 1 unspecified atom stereocenters. The Morgan fingerprint density at radius 3 is 1.02 bits per heavy atom. The van der Waals surface area contributed by atoms with E-state index in [1.807, 2.05) is 0 Å². The number of carbonyl (C=O) groups excluding carboxylic acids is 3. The highest BCUT2D eigenvalue weighted by Crippen LogP contribution is 2.14. The van der Waals surface area contributed by atoms with Gasteiger partial charge in [0, 0.05) is 19.3 Å². The van der Waals surface area contributed by atoms with Crippen LogP contribution >= 0.6 is 0 Å². The van der Waals surface area contributed by atoms with Crippen LogP contribution in [0.2, 0.25) is 0 Å². The molecule has 0 aromatic carbocycles. The molecule has 0 radical (unpaired) electrons. The molecule has 0 amide bonds. The Morgan fingerprint density at radius 1 is 0.350 bits per heavy atom. The van der Waals surface area contributed by atoms with Crippen molar-refractivity contribution >= 4 is 17.9 Å². The van der Waals surface area contributed by atoms with Crippen LogP contribution in [0.25, 0.3) is 0 Å². The van der Waals surface area contributed by atoms with Crippen molar-refractivity contribution in [2.75, 3.05) is 13.2 Å². The number of unbranched alkanes of at least 4 members (excludes halogenated alkanes) is 24. The summed E-state index contributed by atoms with van der Waals surface area (Å²) in [6, 6.07) is 0. The molecule has 6 heteroatoms. The minimum Gasteiger partial charge on any atom is -0.462 e. The molecule has 0 aliphatic rings. The van der Waals surface area contributed by atoms with Crippen LogP contribution in [0.5, 0.6) is 0 Å². The minimum absolute atomic E-state index is 0.0890. The zero-order chi connectivity index (χ0) is 43.7. The molecule has 6 nitrogen and oxygen atoms in total. The molecule has 0 bridgehead atoms. The van der Waals surface area contributed by atoms with E-state index in [9.17, 15) is 14.4 Å². The zero-order valence-electron chi connectivity index (χ0n) is 39.5. The quantitative estimate of drug-likeness (QED) is 0.0263. The lowest BCUT2D eigenvalue weighted by Gasteiger charge is -2.18. The van der Waals surface area contributed by atoms with Gasteiger partial charge >= 0.3 is 17.9 Å². The second-order valence-corrected chi connectivity index (χ2v) is 16.7. The maximum Gasteiger partial charge on any atom is 0.306 e. The Morgan fingerprint density at radius 2 is 0.650 bits per heavy atom. The first kappa shape index (κ1) is 57.1. The maximum atomic E-state index is 12.7. The zero-order valence-corrected chi connectivity index (χ0v) is 39.5. The van der Waals surface area contributed by atoms with Gasteiger partial charge in [-0.2, -0.15) is 0 Å². The summed E-state index contributed by atoms with van der Waals surface area (Å²) in [5.74, 6) is -0.925. The van der Waals surface area contributed by atoms with E-state index in [0.717, 1.165) is 128 Å². The average Bonchev–Trinajstić information content (AvgIpc) is 3.24. The molecule has 0 fully saturated rings. The van der Waals surface area contributed by atoms with Gasteiger partial charge in [-0.05, 0) is 96.3 Å². The van der Waals surface area contributed by atoms with Crippen molar-refractivity contribution in [2.24, 2.45) is 0 Å². The van der Waals surface area contributed by atoms with Crippen molar-refractivity contribution in [3.8, 4) is 0 Å². The highest BCUT2D eigenvalue weighted by molar-refractivity contribution is 5.71. The molecule has 0 rings (SSSR count). The fourth-order valence-electron chi connectivity index (χ4n) is 6.98. The fourth-order valence-corrected chi connectivity index (χ4v) is 6.98. The summed E-state index contributed by atoms with van der Waals surface area (Å²) in [5.41, 5.74) is 0. The molecule has 0 N–H and O–H groups in total. The smallest absolute Gasteiger partial charge is 0.306 e. The Kier molecular flexibility index (Phi) is 46.4. The van der Waals surface area contributed by atoms with E-state index in [1.54, 1.807) is 0 Å². The highest BCUT2D eigenvalue weighted by Gasteiger charge is 2.19. The Bertz CT molecular complexity index is 1100. The SMILES string of the molecule is CC/C=C\C/C=C\CCCCCCCC(=O)OCC(COC(=O)CCCCCCC/C=C\CCCCCCCCCCC)OC(=O)CCCCCCC/C=C\C/C=C\CC. The first-order valence-electron chi connectivity index (χ1n) is 25.3. The molecule has 0 aromatic rings. The number of allylic oxidation sites excluding steroid dienone is 10. The van der Waals surface area contributed by atoms with E-state index >= 15 is 0 Å². The number of rotatable bonds is 45. The highest BCUT2D eigenvalue weighted by atomic mass is 16.6. The molecule has 0 spiro atoms. The number of hydrogen-bond donors (Lipinski definition) is 0. The molecule has 0 aromatic heterocycles. The third-order valence-corrected chi connectivity index (χ3v) is 10.7. The van der Waals surface area contributed by atoms with Crippen LogP contribution in [-0.4, -0.2) is 37.2 Å². The van der Waals surface area contributed by atoms with Crippen molar-refractivity contribution < 1.29 is 28.6 Å². The van der Waals surface area contributed by atoms with Gasteiger partial charge in [0.15, 0.2) is 6.10 Å². The lowest BCUT2D eigenvalue weighted by Crippen LogP contribution is -2.30. The second-order valence-electron chi connectivity index (χ2n) is 16.7. The normalized spacial score (nSPS) is 12.5. The molecular formula is C54H94O6. The Hall–Kier alpha value is -2.89. The van der Waals surface area contributed by atoms with Gasteiger partial charge in [-0.1, -0.05) is 191 Å². The molecule has 0 aliphatic carbocycles. The topological polar surface area (TPSA) is 78.9 Å². The average molecular weight is 839 g/mol. The molecular weight excluding hydrogens is 745 g/mol. The van der Waals surface area contributed by atoms with Gasteiger partial charge in [0.25, 0.3) is 0 Å². The van der Waals surface area contributed by atoms with Crippen molar-refractivity contribution in [1.29, 1.82) is 0 Å². The molecule has 0 aliphatic heterocycles. The fraction of sp³-hybridized carbons (Fsp3) is 0.759. The largest absolute Gasteiger partial charge is 0.462 e. The predicted molar refractivity (Wildman–Crippen MR) is 256 cm³/mol. The minimum atomic E-state index is -0.789. The summed E-state index contributed by atoms with van der Waals surface area (Å²) in [6.45, 7) is 6.39. The van der Waals surface area contributed by atoms with Crippen molar-refractivity contribution in [3.63, 3.8) is 0 Å². The van der Waals surface area contributed by atoms with E-state index in [0.29, 0.717) is 19.3 Å². The molecule has 0 heterocycles. The lowest BCUT2D eigenvalue weighted by molar-refractivity contribution is -0.167. The van der Waals surface area contributed by atoms with E-state index < -0.39 is 6.10 Å². The third-order valence-electron chi connectivity index (χ3n) is 10.7. The van der Waals surface area contributed by atoms with Crippen LogP contribution in [-0.2, 0) is 28.6 Å². The summed E-state index contributed by atoms with van der Waals surface area (Å²) in [4.78, 5) is 37.9. The first-order valence-corrected chi connectivity index (χ1v) is 25.3. The molecule has 1 atom stereocenters. The van der Waals surface area contributed by atoms with Crippen LogP contribution in [0, 0.1) is 0 Å². The van der Waals surface area contributed by atoms with Gasteiger partial charge in [-0.3, -0.25) is 14.4 Å². The summed E-state index contributed by atoms with van der Waals surface area (Å²) in [7, 11) is 0.